The van der Waals surface area contributed by atoms with E-state index < -0.39 is 139 Å². The molecule has 0 aromatic carbocycles. The number of carbonyl (C=O) groups is 2. The summed E-state index contributed by atoms with van der Waals surface area (Å²) in [5.74, 6) is -2.37. The number of carbonyl (C=O) groups excluding carboxylic acids is 1. The summed E-state index contributed by atoms with van der Waals surface area (Å²) in [6.45, 7) is 2.71. The maximum atomic E-state index is 13.5. The van der Waals surface area contributed by atoms with Crippen LogP contribution in [0.15, 0.2) is 11.6 Å². The normalized spacial score (nSPS) is 53.0. The van der Waals surface area contributed by atoms with Crippen molar-refractivity contribution in [2.75, 3.05) is 26.9 Å². The number of carboxylic acid groups (broad SMARTS) is 1. The third kappa shape index (κ3) is 7.47. The van der Waals surface area contributed by atoms with E-state index in [-0.39, 0.29) is 50.1 Å². The van der Waals surface area contributed by atoms with Crippen LogP contribution in [0.3, 0.4) is 0 Å². The number of cyclic esters (lactones) is 1. The van der Waals surface area contributed by atoms with Crippen LogP contribution in [0.4, 0.5) is 0 Å². The zero-order chi connectivity index (χ0) is 44.7. The lowest BCUT2D eigenvalue weighted by Gasteiger charge is -2.65. The van der Waals surface area contributed by atoms with Crippen LogP contribution in [0.1, 0.15) is 78.1 Å². The number of ether oxygens (including phenoxy) is 8. The topological polar surface area (TPSA) is 310 Å². The van der Waals surface area contributed by atoms with Crippen LogP contribution in [0.2, 0.25) is 0 Å². The first-order chi connectivity index (χ1) is 29.3. The van der Waals surface area contributed by atoms with Gasteiger partial charge in [0.25, 0.3) is 0 Å². The van der Waals surface area contributed by atoms with Crippen molar-refractivity contribution in [3.05, 3.63) is 11.6 Å². The highest BCUT2D eigenvalue weighted by Gasteiger charge is 2.74. The minimum Gasteiger partial charge on any atom is -0.481 e. The lowest BCUT2D eigenvalue weighted by molar-refractivity contribution is -0.355. The molecule has 3 saturated heterocycles. The van der Waals surface area contributed by atoms with Gasteiger partial charge in [-0.2, -0.15) is 0 Å². The van der Waals surface area contributed by atoms with Crippen molar-refractivity contribution >= 4 is 11.9 Å². The van der Waals surface area contributed by atoms with Crippen LogP contribution in [0.25, 0.3) is 0 Å². The maximum absolute atomic E-state index is 13.5. The number of aliphatic hydroxyl groups is 9. The van der Waals surface area contributed by atoms with Crippen molar-refractivity contribution in [1.29, 1.82) is 0 Å². The fraction of sp³-hybridized carbons (Fsp3) is 0.905. The molecule has 0 spiro atoms. The first kappa shape index (κ1) is 46.6. The zero-order valence-corrected chi connectivity index (χ0v) is 35.2. The van der Waals surface area contributed by atoms with Gasteiger partial charge in [0.15, 0.2) is 18.9 Å². The van der Waals surface area contributed by atoms with Gasteiger partial charge >= 0.3 is 11.9 Å². The second kappa shape index (κ2) is 17.4. The van der Waals surface area contributed by atoms with Crippen LogP contribution < -0.4 is 0 Å². The number of carboxylic acids is 1. The van der Waals surface area contributed by atoms with Gasteiger partial charge in [0.05, 0.1) is 48.1 Å². The molecule has 20 nitrogen and oxygen atoms in total. The average Bonchev–Trinajstić information content (AvgIpc) is 3.79. The fourth-order valence-corrected chi connectivity index (χ4v) is 13.0. The zero-order valence-electron chi connectivity index (χ0n) is 35.2. The Balaban J connectivity index is 0.898. The number of methoxy groups -OCH3 is 1. The summed E-state index contributed by atoms with van der Waals surface area (Å²) in [7, 11) is 1.45. The van der Waals surface area contributed by atoms with Crippen LogP contribution in [-0.2, 0) is 47.5 Å². The van der Waals surface area contributed by atoms with E-state index in [0.29, 0.717) is 38.5 Å². The third-order valence-corrected chi connectivity index (χ3v) is 16.4. The van der Waals surface area contributed by atoms with Gasteiger partial charge in [-0.25, -0.2) is 4.79 Å². The monoisotopic (exact) mass is 888 g/mol. The molecule has 10 N–H and O–H groups in total. The van der Waals surface area contributed by atoms with E-state index in [2.05, 4.69) is 6.92 Å². The molecule has 4 saturated carbocycles. The Hall–Kier alpha value is -1.96. The largest absolute Gasteiger partial charge is 0.481 e. The van der Waals surface area contributed by atoms with Crippen LogP contribution in [0, 0.1) is 28.6 Å². The molecule has 4 aliphatic carbocycles. The molecule has 352 valence electrons. The second-order valence-corrected chi connectivity index (χ2v) is 19.3. The minimum absolute atomic E-state index is 0.0356. The highest BCUT2D eigenvalue weighted by atomic mass is 16.8. The fourth-order valence-electron chi connectivity index (χ4n) is 13.0. The molecule has 0 amide bonds. The number of rotatable bonds is 11. The summed E-state index contributed by atoms with van der Waals surface area (Å²) >= 11 is 0. The smallest absolute Gasteiger partial charge is 0.331 e. The molecule has 62 heavy (non-hydrogen) atoms. The molecule has 0 aromatic heterocycles. The molecular formula is C42H64O20. The van der Waals surface area contributed by atoms with E-state index in [1.165, 1.54) is 13.2 Å². The standard InChI is InChI=1S/C42H64O20/c1-18-35(62-37-34(50)32(48)30(46)26(61-37)17-57-36-33(49)31(47)29(45)25(15-43)60-36)24(55-3)13-28(58-18)59-20-4-10-41(38(51)52)22-5-8-39(2)21(19-12-27(44)56-16-19)7-11-42(39,54)23(22)6-9-40(41,53)14-20/h12,18,20-26,28-37,43,45-50,53-54H,4-11,13-17H2,1-3H3,(H,51,52). The predicted molar refractivity (Wildman–Crippen MR) is 205 cm³/mol. The number of hydrogen-bond acceptors (Lipinski definition) is 19. The molecule has 0 aromatic rings. The summed E-state index contributed by atoms with van der Waals surface area (Å²) in [5.41, 5.74) is -4.02. The molecular weight excluding hydrogens is 824 g/mol. The first-order valence-corrected chi connectivity index (χ1v) is 22.0. The SMILES string of the molecule is COC1CC(OC2CCC3(C(=O)O)C4CCC5(C)C(C6=CC(=O)OC6)CCC5(O)C4CCC3(O)C2)OC(C)C1OC1OC(COC2OC(CO)C(O)C(O)C2O)C(O)C(O)C1O. The number of esters is 1. The second-order valence-electron chi connectivity index (χ2n) is 19.3. The molecule has 7 fully saturated rings. The number of hydrogen-bond donors (Lipinski definition) is 10. The van der Waals surface area contributed by atoms with E-state index in [4.69, 9.17) is 37.9 Å². The Labute approximate surface area is 358 Å². The van der Waals surface area contributed by atoms with Crippen molar-refractivity contribution in [3.8, 4) is 0 Å². The molecule has 22 atom stereocenters. The maximum Gasteiger partial charge on any atom is 0.331 e. The third-order valence-electron chi connectivity index (χ3n) is 16.4. The van der Waals surface area contributed by atoms with Gasteiger partial charge in [-0.15, -0.1) is 0 Å². The van der Waals surface area contributed by atoms with Gasteiger partial charge in [-0.1, -0.05) is 6.92 Å². The van der Waals surface area contributed by atoms with Crippen LogP contribution >= 0.6 is 0 Å². The number of aliphatic hydroxyl groups excluding tert-OH is 7. The molecule has 4 heterocycles. The van der Waals surface area contributed by atoms with Gasteiger partial charge in [0.2, 0.25) is 0 Å². The lowest BCUT2D eigenvalue weighted by Crippen LogP contribution is -2.70. The van der Waals surface area contributed by atoms with Gasteiger partial charge in [-0.05, 0) is 81.6 Å². The molecule has 20 heteroatoms. The highest BCUT2D eigenvalue weighted by molar-refractivity contribution is 5.85. The summed E-state index contributed by atoms with van der Waals surface area (Å²) < 4.78 is 46.6. The van der Waals surface area contributed by atoms with E-state index in [0.717, 1.165) is 5.57 Å². The van der Waals surface area contributed by atoms with Crippen molar-refractivity contribution < 1.29 is 98.5 Å². The predicted octanol–water partition coefficient (Wildman–Crippen LogP) is -2.03. The van der Waals surface area contributed by atoms with Crippen molar-refractivity contribution in [2.24, 2.45) is 28.6 Å². The lowest BCUT2D eigenvalue weighted by atomic mass is 9.41. The van der Waals surface area contributed by atoms with E-state index in [1.807, 2.05) is 0 Å². The van der Waals surface area contributed by atoms with E-state index in [9.17, 15) is 60.7 Å². The average molecular weight is 889 g/mol. The summed E-state index contributed by atoms with van der Waals surface area (Å²) in [5, 5.41) is 109. The molecule has 8 aliphatic rings. The minimum atomic E-state index is -1.77. The highest BCUT2D eigenvalue weighted by Crippen LogP contribution is 2.71. The summed E-state index contributed by atoms with van der Waals surface area (Å²) in [4.78, 5) is 25.5. The molecule has 0 bridgehead atoms. The Morgan fingerprint density at radius 1 is 0.823 bits per heavy atom. The van der Waals surface area contributed by atoms with Gasteiger partial charge in [0, 0.05) is 31.4 Å². The van der Waals surface area contributed by atoms with Crippen LogP contribution in [0.5, 0.6) is 0 Å². The molecule has 22 unspecified atom stereocenters. The number of aliphatic carboxylic acids is 1. The molecule has 0 radical (unpaired) electrons. The van der Waals surface area contributed by atoms with E-state index in [1.54, 1.807) is 6.92 Å². The Bertz CT molecular complexity index is 1680. The Morgan fingerprint density at radius 3 is 2.16 bits per heavy atom. The van der Waals surface area contributed by atoms with Crippen LogP contribution in [-0.4, -0.2) is 193 Å². The summed E-state index contributed by atoms with van der Waals surface area (Å²) in [6.07, 6.45) is -14.9. The Kier molecular flexibility index (Phi) is 13.0. The van der Waals surface area contributed by atoms with Crippen molar-refractivity contribution in [2.45, 2.75) is 181 Å². The van der Waals surface area contributed by atoms with E-state index >= 15 is 0 Å². The van der Waals surface area contributed by atoms with Crippen molar-refractivity contribution in [1.82, 2.24) is 0 Å². The van der Waals surface area contributed by atoms with Gasteiger partial charge in [-0.3, -0.25) is 4.79 Å². The van der Waals surface area contributed by atoms with Crippen molar-refractivity contribution in [3.63, 3.8) is 0 Å². The Morgan fingerprint density at radius 2 is 1.50 bits per heavy atom. The molecule has 4 aliphatic heterocycles. The van der Waals surface area contributed by atoms with Gasteiger partial charge in [0.1, 0.15) is 61.5 Å². The number of fused-ring (bicyclic) bond motifs is 5. The molecule has 8 rings (SSSR count). The van der Waals surface area contributed by atoms with Gasteiger partial charge < -0.3 is 89.0 Å². The summed E-state index contributed by atoms with van der Waals surface area (Å²) in [6, 6.07) is 0. The quantitative estimate of drug-likeness (QED) is 0.0790. The first-order valence-electron chi connectivity index (χ1n) is 22.0.